The predicted molar refractivity (Wildman–Crippen MR) is 112 cm³/mol. The zero-order valence-electron chi connectivity index (χ0n) is 16.8. The number of furan rings is 1. The van der Waals surface area contributed by atoms with Gasteiger partial charge in [0, 0.05) is 0 Å². The van der Waals surface area contributed by atoms with E-state index in [1.807, 2.05) is 62.4 Å². The predicted octanol–water partition coefficient (Wildman–Crippen LogP) is 4.37. The molecular weight excluding hydrogens is 380 g/mol. The molecule has 1 N–H and O–H groups in total. The first-order valence-corrected chi connectivity index (χ1v) is 9.60. The van der Waals surface area contributed by atoms with E-state index in [9.17, 15) is 4.79 Å². The Morgan fingerprint density at radius 2 is 1.93 bits per heavy atom. The minimum Gasteiger partial charge on any atom is -0.485 e. The fourth-order valence-electron chi connectivity index (χ4n) is 2.95. The lowest BCUT2D eigenvalue weighted by Crippen LogP contribution is -2.12. The van der Waals surface area contributed by atoms with E-state index in [0.717, 1.165) is 22.4 Å². The highest BCUT2D eigenvalue weighted by molar-refractivity contribution is 6.01. The van der Waals surface area contributed by atoms with Crippen LogP contribution in [0.5, 0.6) is 5.75 Å². The average Bonchev–Trinajstić information content (AvgIpc) is 3.39. The van der Waals surface area contributed by atoms with Gasteiger partial charge in [0.25, 0.3) is 5.91 Å². The molecule has 0 fully saturated rings. The topological polar surface area (TPSA) is 82.2 Å². The van der Waals surface area contributed by atoms with E-state index >= 15 is 0 Å². The molecule has 0 spiro atoms. The Labute approximate surface area is 174 Å². The van der Waals surface area contributed by atoms with Crippen LogP contribution in [0.25, 0.3) is 0 Å². The Balaban J connectivity index is 1.34. The number of benzene rings is 2. The lowest BCUT2D eigenvalue weighted by atomic mass is 10.1. The fourth-order valence-corrected chi connectivity index (χ4v) is 2.95. The Hall–Kier alpha value is -3.87. The zero-order chi connectivity index (χ0) is 20.9. The average molecular weight is 402 g/mol. The molecule has 0 radical (unpaired) electrons. The Kier molecular flexibility index (Phi) is 5.61. The molecule has 0 aliphatic heterocycles. The van der Waals surface area contributed by atoms with E-state index in [4.69, 9.17) is 9.15 Å². The standard InChI is InChI=1S/C23H22N4O3/c1-16-8-9-17(2)21(12-16)29-14-19-10-11-20(30-19)22(28)25-23-24-15-27(26-23)13-18-6-4-3-5-7-18/h3-12,15H,13-14H2,1-2H3,(H,25,26,28). The summed E-state index contributed by atoms with van der Waals surface area (Å²) >= 11 is 0. The Morgan fingerprint density at radius 1 is 1.10 bits per heavy atom. The second kappa shape index (κ2) is 8.65. The van der Waals surface area contributed by atoms with Gasteiger partial charge >= 0.3 is 0 Å². The van der Waals surface area contributed by atoms with Crippen LogP contribution < -0.4 is 10.1 Å². The van der Waals surface area contributed by atoms with Crippen LogP contribution in [0.1, 0.15) is 33.0 Å². The van der Waals surface area contributed by atoms with E-state index < -0.39 is 5.91 Å². The number of anilines is 1. The van der Waals surface area contributed by atoms with Gasteiger partial charge in [0.15, 0.2) is 5.76 Å². The van der Waals surface area contributed by atoms with Gasteiger partial charge in [-0.05, 0) is 48.7 Å². The van der Waals surface area contributed by atoms with Crippen LogP contribution in [-0.2, 0) is 13.2 Å². The lowest BCUT2D eigenvalue weighted by Gasteiger charge is -2.08. The Bertz CT molecular complexity index is 1150. The van der Waals surface area contributed by atoms with E-state index in [2.05, 4.69) is 15.4 Å². The summed E-state index contributed by atoms with van der Waals surface area (Å²) in [6.07, 6.45) is 1.58. The van der Waals surface area contributed by atoms with Gasteiger partial charge in [-0.2, -0.15) is 0 Å². The second-order valence-corrected chi connectivity index (χ2v) is 7.03. The molecule has 2 aromatic carbocycles. The summed E-state index contributed by atoms with van der Waals surface area (Å²) in [6, 6.07) is 19.3. The number of hydrogen-bond acceptors (Lipinski definition) is 5. The molecule has 0 unspecified atom stereocenters. The van der Waals surface area contributed by atoms with E-state index in [-0.39, 0.29) is 18.3 Å². The van der Waals surface area contributed by atoms with Crippen LogP contribution in [0, 0.1) is 13.8 Å². The molecule has 152 valence electrons. The molecule has 2 heterocycles. The smallest absolute Gasteiger partial charge is 0.293 e. The number of carbonyl (C=O) groups excluding carboxylic acids is 1. The summed E-state index contributed by atoms with van der Waals surface area (Å²) < 4.78 is 13.1. The number of nitrogens with one attached hydrogen (secondary N) is 1. The van der Waals surface area contributed by atoms with Gasteiger partial charge in [-0.3, -0.25) is 10.1 Å². The molecule has 4 rings (SSSR count). The van der Waals surface area contributed by atoms with Crippen molar-refractivity contribution in [2.45, 2.75) is 27.0 Å². The third kappa shape index (κ3) is 4.75. The molecule has 7 heteroatoms. The van der Waals surface area contributed by atoms with Crippen molar-refractivity contribution in [3.63, 3.8) is 0 Å². The molecule has 0 aliphatic carbocycles. The largest absolute Gasteiger partial charge is 0.485 e. The van der Waals surface area contributed by atoms with E-state index in [1.165, 1.54) is 0 Å². The van der Waals surface area contributed by atoms with Crippen molar-refractivity contribution in [1.82, 2.24) is 14.8 Å². The number of rotatable bonds is 7. The summed E-state index contributed by atoms with van der Waals surface area (Å²) in [5, 5.41) is 6.93. The molecular formula is C23H22N4O3. The molecule has 0 saturated heterocycles. The number of aryl methyl sites for hydroxylation is 2. The maximum atomic E-state index is 12.4. The van der Waals surface area contributed by atoms with Crippen molar-refractivity contribution >= 4 is 11.9 Å². The highest BCUT2D eigenvalue weighted by Crippen LogP contribution is 2.21. The van der Waals surface area contributed by atoms with Crippen molar-refractivity contribution < 1.29 is 13.9 Å². The Morgan fingerprint density at radius 3 is 2.77 bits per heavy atom. The number of hydrogen-bond donors (Lipinski definition) is 1. The third-order valence-corrected chi connectivity index (χ3v) is 4.55. The van der Waals surface area contributed by atoms with Crippen LogP contribution in [-0.4, -0.2) is 20.7 Å². The molecule has 0 bridgehead atoms. The number of nitrogens with zero attached hydrogens (tertiary/aromatic N) is 3. The monoisotopic (exact) mass is 402 g/mol. The van der Waals surface area contributed by atoms with Crippen molar-refractivity contribution in [2.24, 2.45) is 0 Å². The van der Waals surface area contributed by atoms with Crippen LogP contribution in [0.2, 0.25) is 0 Å². The molecule has 1 amide bonds. The summed E-state index contributed by atoms with van der Waals surface area (Å²) in [5.41, 5.74) is 3.26. The first-order chi connectivity index (χ1) is 14.6. The molecule has 0 atom stereocenters. The minimum atomic E-state index is -0.412. The van der Waals surface area contributed by atoms with Crippen LogP contribution in [0.15, 0.2) is 71.4 Å². The van der Waals surface area contributed by atoms with Gasteiger partial charge in [0.05, 0.1) is 6.54 Å². The zero-order valence-corrected chi connectivity index (χ0v) is 16.8. The van der Waals surface area contributed by atoms with Gasteiger partial charge in [0.2, 0.25) is 5.95 Å². The molecule has 2 aromatic heterocycles. The first-order valence-electron chi connectivity index (χ1n) is 9.60. The van der Waals surface area contributed by atoms with Crippen LogP contribution in [0.3, 0.4) is 0 Å². The minimum absolute atomic E-state index is 0.175. The molecule has 0 saturated carbocycles. The number of ether oxygens (including phenoxy) is 1. The third-order valence-electron chi connectivity index (χ3n) is 4.55. The molecule has 0 aliphatic rings. The van der Waals surface area contributed by atoms with Gasteiger partial charge in [-0.1, -0.05) is 42.5 Å². The second-order valence-electron chi connectivity index (χ2n) is 7.03. The van der Waals surface area contributed by atoms with Crippen LogP contribution >= 0.6 is 0 Å². The van der Waals surface area contributed by atoms with Crippen LogP contribution in [0.4, 0.5) is 5.95 Å². The maximum Gasteiger partial charge on any atom is 0.293 e. The maximum absolute atomic E-state index is 12.4. The highest BCUT2D eigenvalue weighted by Gasteiger charge is 2.14. The number of carbonyl (C=O) groups is 1. The molecule has 30 heavy (non-hydrogen) atoms. The van der Waals surface area contributed by atoms with Crippen molar-refractivity contribution in [1.29, 1.82) is 0 Å². The van der Waals surface area contributed by atoms with E-state index in [0.29, 0.717) is 12.3 Å². The molecule has 4 aromatic rings. The summed E-state index contributed by atoms with van der Waals surface area (Å²) in [6.45, 7) is 4.81. The first kappa shape index (κ1) is 19.4. The lowest BCUT2D eigenvalue weighted by molar-refractivity contribution is 0.0991. The highest BCUT2D eigenvalue weighted by atomic mass is 16.5. The fraction of sp³-hybridized carbons (Fsp3) is 0.174. The van der Waals surface area contributed by atoms with E-state index in [1.54, 1.807) is 23.1 Å². The number of aromatic nitrogens is 3. The van der Waals surface area contributed by atoms with Crippen molar-refractivity contribution in [2.75, 3.05) is 5.32 Å². The SMILES string of the molecule is Cc1ccc(C)c(OCc2ccc(C(=O)Nc3ncn(Cc4ccccc4)n3)o2)c1. The quantitative estimate of drug-likeness (QED) is 0.496. The van der Waals surface area contributed by atoms with Crippen molar-refractivity contribution in [3.05, 3.63) is 95.2 Å². The van der Waals surface area contributed by atoms with Gasteiger partial charge in [-0.25, -0.2) is 9.67 Å². The normalized spacial score (nSPS) is 10.7. The van der Waals surface area contributed by atoms with Crippen molar-refractivity contribution in [3.8, 4) is 5.75 Å². The summed E-state index contributed by atoms with van der Waals surface area (Å²) in [4.78, 5) is 16.6. The molecule has 7 nitrogen and oxygen atoms in total. The van der Waals surface area contributed by atoms with Gasteiger partial charge in [0.1, 0.15) is 24.4 Å². The summed E-state index contributed by atoms with van der Waals surface area (Å²) in [7, 11) is 0. The summed E-state index contributed by atoms with van der Waals surface area (Å²) in [5.74, 6) is 1.34. The van der Waals surface area contributed by atoms with Gasteiger partial charge in [-0.15, -0.1) is 5.10 Å². The number of amides is 1. The van der Waals surface area contributed by atoms with Gasteiger partial charge < -0.3 is 9.15 Å².